The van der Waals surface area contributed by atoms with Gasteiger partial charge in [-0.05, 0) is 99.7 Å². The topological polar surface area (TPSA) is 78.7 Å². The molecule has 0 aromatic carbocycles. The first-order valence-electron chi connectivity index (χ1n) is 14.1. The van der Waals surface area contributed by atoms with Crippen molar-refractivity contribution in [3.8, 4) is 0 Å². The summed E-state index contributed by atoms with van der Waals surface area (Å²) in [6.07, 6.45) is 9.48. The van der Waals surface area contributed by atoms with E-state index in [9.17, 15) is 4.79 Å². The van der Waals surface area contributed by atoms with E-state index in [0.29, 0.717) is 30.3 Å². The highest BCUT2D eigenvalue weighted by atomic mass is 28.4. The third-order valence-electron chi connectivity index (χ3n) is 10.2. The Morgan fingerprint density at radius 2 is 1.78 bits per heavy atom. The van der Waals surface area contributed by atoms with Gasteiger partial charge in [0.2, 0.25) is 0 Å². The van der Waals surface area contributed by atoms with Crippen molar-refractivity contribution in [3.05, 3.63) is 11.6 Å². The van der Waals surface area contributed by atoms with Crippen LogP contribution in [0.2, 0.25) is 19.6 Å². The highest BCUT2D eigenvalue weighted by Crippen LogP contribution is 2.69. The second kappa shape index (κ2) is 10.1. The van der Waals surface area contributed by atoms with Crippen molar-refractivity contribution in [3.63, 3.8) is 0 Å². The van der Waals surface area contributed by atoms with Crippen molar-refractivity contribution in [2.24, 2.45) is 44.8 Å². The van der Waals surface area contributed by atoms with E-state index in [1.807, 2.05) is 0 Å². The third kappa shape index (κ3) is 4.81. The average Bonchev–Trinajstić information content (AvgIpc) is 3.09. The summed E-state index contributed by atoms with van der Waals surface area (Å²) >= 11 is 0. The molecule has 4 aliphatic carbocycles. The van der Waals surface area contributed by atoms with Crippen LogP contribution in [0.15, 0.2) is 22.0 Å². The second-order valence-corrected chi connectivity index (χ2v) is 17.8. The van der Waals surface area contributed by atoms with Crippen LogP contribution in [0.25, 0.3) is 0 Å². The Bertz CT molecular complexity index is 987. The van der Waals surface area contributed by atoms with Crippen LogP contribution in [-0.4, -0.2) is 52.1 Å². The number of ether oxygens (including phenoxy) is 1. The highest BCUT2D eigenvalue weighted by Gasteiger charge is 2.68. The SMILES string of the molecule is CO/N=C1/C=C2C(C)CC3C(CCC4(C)C3CCC4(OC(C)=O)/C(CO[Si](C)(C)C)=N/OC)C2(C)CC1. The quantitative estimate of drug-likeness (QED) is 0.165. The van der Waals surface area contributed by atoms with Gasteiger partial charge in [-0.15, -0.1) is 0 Å². The second-order valence-electron chi connectivity index (χ2n) is 13.3. The van der Waals surface area contributed by atoms with Gasteiger partial charge in [-0.25, -0.2) is 0 Å². The van der Waals surface area contributed by atoms with Gasteiger partial charge in [-0.1, -0.05) is 36.7 Å². The maximum absolute atomic E-state index is 12.6. The zero-order valence-corrected chi connectivity index (χ0v) is 25.5. The van der Waals surface area contributed by atoms with Crippen molar-refractivity contribution in [1.29, 1.82) is 0 Å². The average molecular weight is 533 g/mol. The van der Waals surface area contributed by atoms with E-state index in [1.54, 1.807) is 19.8 Å². The fourth-order valence-corrected chi connectivity index (χ4v) is 9.31. The van der Waals surface area contributed by atoms with Gasteiger partial charge >= 0.3 is 5.97 Å². The molecule has 0 aromatic heterocycles. The van der Waals surface area contributed by atoms with Crippen molar-refractivity contribution in [2.75, 3.05) is 20.8 Å². The van der Waals surface area contributed by atoms with Gasteiger partial charge in [-0.2, -0.15) is 0 Å². The van der Waals surface area contributed by atoms with Gasteiger partial charge in [0.25, 0.3) is 0 Å². The lowest BCUT2D eigenvalue weighted by Gasteiger charge is -2.60. The Labute approximate surface area is 224 Å². The van der Waals surface area contributed by atoms with Crippen LogP contribution in [0, 0.1) is 34.5 Å². The molecule has 0 saturated heterocycles. The fraction of sp³-hybridized carbons (Fsp3) is 0.828. The number of hydrogen-bond acceptors (Lipinski definition) is 7. The van der Waals surface area contributed by atoms with Gasteiger partial charge in [0.05, 0.1) is 12.3 Å². The van der Waals surface area contributed by atoms with Gasteiger partial charge in [0, 0.05) is 12.3 Å². The standard InChI is InChI=1S/C29H48N2O5Si/c1-19-16-22-23(27(3)13-10-21(30-33-5)17-25(19)27)11-14-28(4)24(22)12-15-29(28,36-20(2)32)26(31-34-6)18-35-37(7,8)9/h17,19,22-24H,10-16,18H2,1-9H3/b30-21+,31-26+. The lowest BCUT2D eigenvalue weighted by molar-refractivity contribution is -0.168. The number of esters is 1. The van der Waals surface area contributed by atoms with Gasteiger partial charge in [0.15, 0.2) is 13.9 Å². The molecule has 0 radical (unpaired) electrons. The number of oxime groups is 2. The molecule has 7 atom stereocenters. The molecule has 0 N–H and O–H groups in total. The predicted octanol–water partition coefficient (Wildman–Crippen LogP) is 6.35. The molecule has 3 saturated carbocycles. The van der Waals surface area contributed by atoms with E-state index >= 15 is 0 Å². The third-order valence-corrected chi connectivity index (χ3v) is 11.3. The molecule has 37 heavy (non-hydrogen) atoms. The summed E-state index contributed by atoms with van der Waals surface area (Å²) in [5, 5.41) is 8.78. The van der Waals surface area contributed by atoms with E-state index in [1.165, 1.54) is 6.92 Å². The zero-order valence-electron chi connectivity index (χ0n) is 24.5. The summed E-state index contributed by atoms with van der Waals surface area (Å²) < 4.78 is 12.7. The van der Waals surface area contributed by atoms with E-state index < -0.39 is 13.9 Å². The Hall–Kier alpha value is -1.67. The fourth-order valence-electron chi connectivity index (χ4n) is 8.74. The Morgan fingerprint density at radius 3 is 2.41 bits per heavy atom. The number of carbonyl (C=O) groups is 1. The van der Waals surface area contributed by atoms with Crippen LogP contribution < -0.4 is 0 Å². The monoisotopic (exact) mass is 532 g/mol. The minimum absolute atomic E-state index is 0.174. The van der Waals surface area contributed by atoms with Gasteiger partial charge in [0.1, 0.15) is 19.9 Å². The first kappa shape index (κ1) is 28.3. The van der Waals surface area contributed by atoms with Gasteiger partial charge < -0.3 is 18.8 Å². The number of carbonyl (C=O) groups excluding carboxylic acids is 1. The first-order valence-corrected chi connectivity index (χ1v) is 17.5. The van der Waals surface area contributed by atoms with E-state index in [0.717, 1.165) is 56.4 Å². The molecule has 0 spiro atoms. The zero-order chi connectivity index (χ0) is 27.2. The van der Waals surface area contributed by atoms with Crippen LogP contribution in [0.4, 0.5) is 0 Å². The number of rotatable bonds is 7. The van der Waals surface area contributed by atoms with Crippen LogP contribution >= 0.6 is 0 Å². The molecule has 7 unspecified atom stereocenters. The summed E-state index contributed by atoms with van der Waals surface area (Å²) in [5.41, 5.74) is 2.52. The highest BCUT2D eigenvalue weighted by molar-refractivity contribution is 6.69. The molecular weight excluding hydrogens is 484 g/mol. The molecule has 3 fully saturated rings. The van der Waals surface area contributed by atoms with Crippen LogP contribution in [0.5, 0.6) is 0 Å². The van der Waals surface area contributed by atoms with Crippen LogP contribution in [-0.2, 0) is 23.6 Å². The van der Waals surface area contributed by atoms with Crippen LogP contribution in [0.3, 0.4) is 0 Å². The Balaban J connectivity index is 1.72. The molecule has 0 aromatic rings. The number of fused-ring (bicyclic) bond motifs is 5. The summed E-state index contributed by atoms with van der Waals surface area (Å²) in [6.45, 7) is 15.6. The van der Waals surface area contributed by atoms with E-state index in [-0.39, 0.29) is 16.8 Å². The minimum Gasteiger partial charge on any atom is -0.452 e. The summed E-state index contributed by atoms with van der Waals surface area (Å²) in [5.74, 6) is 1.88. The number of nitrogens with zero attached hydrogens (tertiary/aromatic N) is 2. The van der Waals surface area contributed by atoms with Crippen molar-refractivity contribution in [1.82, 2.24) is 0 Å². The normalized spacial score (nSPS) is 40.8. The van der Waals surface area contributed by atoms with Gasteiger partial charge in [-0.3, -0.25) is 4.79 Å². The maximum atomic E-state index is 12.6. The first-order chi connectivity index (χ1) is 17.3. The molecule has 208 valence electrons. The molecule has 0 amide bonds. The molecule has 4 aliphatic rings. The lowest BCUT2D eigenvalue weighted by Crippen LogP contribution is -2.60. The van der Waals surface area contributed by atoms with Crippen molar-refractivity contribution in [2.45, 2.75) is 97.9 Å². The lowest BCUT2D eigenvalue weighted by atomic mass is 9.44. The Morgan fingerprint density at radius 1 is 1.08 bits per heavy atom. The summed E-state index contributed by atoms with van der Waals surface area (Å²) in [7, 11) is 1.38. The summed E-state index contributed by atoms with van der Waals surface area (Å²) in [6, 6.07) is 0. The molecule has 7 nitrogen and oxygen atoms in total. The molecule has 0 aliphatic heterocycles. The maximum Gasteiger partial charge on any atom is 0.303 e. The number of hydrogen-bond donors (Lipinski definition) is 0. The summed E-state index contributed by atoms with van der Waals surface area (Å²) in [4.78, 5) is 23.1. The molecule has 4 rings (SSSR count). The molecule has 0 heterocycles. The molecular formula is C29H48N2O5Si. The van der Waals surface area contributed by atoms with Crippen molar-refractivity contribution < 1.29 is 23.6 Å². The molecule has 0 bridgehead atoms. The van der Waals surface area contributed by atoms with E-state index in [2.05, 4.69) is 56.8 Å². The van der Waals surface area contributed by atoms with Crippen molar-refractivity contribution >= 4 is 25.7 Å². The van der Waals surface area contributed by atoms with Crippen LogP contribution in [0.1, 0.15) is 72.6 Å². The minimum atomic E-state index is -1.82. The Kier molecular flexibility index (Phi) is 7.76. The predicted molar refractivity (Wildman–Crippen MR) is 149 cm³/mol. The van der Waals surface area contributed by atoms with E-state index in [4.69, 9.17) is 18.8 Å². The molecule has 8 heteroatoms. The largest absolute Gasteiger partial charge is 0.452 e. The smallest absolute Gasteiger partial charge is 0.303 e. The number of allylic oxidation sites excluding steroid dienone is 2.